The summed E-state index contributed by atoms with van der Waals surface area (Å²) in [6, 6.07) is 0. The van der Waals surface area contributed by atoms with E-state index >= 15 is 0 Å². The predicted molar refractivity (Wildman–Crippen MR) is 55.4 cm³/mol. The van der Waals surface area contributed by atoms with Gasteiger partial charge in [-0.3, -0.25) is 0 Å². The van der Waals surface area contributed by atoms with Gasteiger partial charge in [-0.05, 0) is 28.7 Å². The molecule has 0 unspecified atom stereocenters. The van der Waals surface area contributed by atoms with Gasteiger partial charge in [0.1, 0.15) is 0 Å². The molecule has 2 heterocycles. The van der Waals surface area contributed by atoms with Gasteiger partial charge in [-0.1, -0.05) is 12.0 Å². The Hall–Kier alpha value is -1.17. The van der Waals surface area contributed by atoms with Crippen LogP contribution in [0.4, 0.5) is 5.95 Å². The second kappa shape index (κ2) is 4.14. The van der Waals surface area contributed by atoms with Crippen LogP contribution in [-0.4, -0.2) is 40.0 Å². The molecule has 0 amide bonds. The van der Waals surface area contributed by atoms with Gasteiger partial charge in [0, 0.05) is 26.8 Å². The number of aryl methyl sites for hydroxylation is 1. The fourth-order valence-electron chi connectivity index (χ4n) is 1.71. The highest BCUT2D eigenvalue weighted by Gasteiger charge is 2.27. The molecule has 1 saturated heterocycles. The van der Waals surface area contributed by atoms with Gasteiger partial charge in [0.15, 0.2) is 0 Å². The van der Waals surface area contributed by atoms with Gasteiger partial charge in [0.05, 0.1) is 0 Å². The van der Waals surface area contributed by atoms with Crippen LogP contribution in [-0.2, 0) is 11.8 Å². The molecule has 84 valence electrons. The highest BCUT2D eigenvalue weighted by Crippen LogP contribution is 2.29. The van der Waals surface area contributed by atoms with E-state index < -0.39 is 0 Å². The lowest BCUT2D eigenvalue weighted by atomic mass is 9.82. The van der Waals surface area contributed by atoms with Crippen LogP contribution in [0.2, 0.25) is 0 Å². The van der Waals surface area contributed by atoms with E-state index in [1.807, 2.05) is 7.05 Å². The molecule has 0 saturated carbocycles. The van der Waals surface area contributed by atoms with Crippen LogP contribution in [0.5, 0.6) is 0 Å². The summed E-state index contributed by atoms with van der Waals surface area (Å²) in [6.45, 7) is 4.88. The maximum atomic E-state index is 5.35. The summed E-state index contributed by atoms with van der Waals surface area (Å²) in [6.07, 6.45) is 2.18. The Morgan fingerprint density at radius 3 is 2.80 bits per heavy atom. The lowest BCUT2D eigenvalue weighted by Gasteiger charge is -2.33. The first-order valence-electron chi connectivity index (χ1n) is 5.24. The second-order valence-corrected chi connectivity index (χ2v) is 4.40. The van der Waals surface area contributed by atoms with Crippen molar-refractivity contribution in [3.8, 4) is 0 Å². The van der Waals surface area contributed by atoms with E-state index in [4.69, 9.17) is 4.74 Å². The Morgan fingerprint density at radius 2 is 2.20 bits per heavy atom. The van der Waals surface area contributed by atoms with Crippen molar-refractivity contribution in [2.45, 2.75) is 19.8 Å². The molecule has 1 aromatic rings. The van der Waals surface area contributed by atoms with Crippen LogP contribution in [0.3, 0.4) is 0 Å². The molecule has 6 nitrogen and oxygen atoms in total. The van der Waals surface area contributed by atoms with Gasteiger partial charge >= 0.3 is 0 Å². The third kappa shape index (κ3) is 2.44. The minimum absolute atomic E-state index is 0.296. The summed E-state index contributed by atoms with van der Waals surface area (Å²) in [5, 5.41) is 14.5. The van der Waals surface area contributed by atoms with Crippen LogP contribution in [0.25, 0.3) is 0 Å². The number of ether oxygens (including phenoxy) is 1. The number of hydrogen-bond donors (Lipinski definition) is 1. The van der Waals surface area contributed by atoms with Crippen molar-refractivity contribution < 1.29 is 4.74 Å². The minimum atomic E-state index is 0.296. The Balaban J connectivity index is 1.89. The Bertz CT molecular complexity index is 318. The van der Waals surface area contributed by atoms with E-state index in [9.17, 15) is 0 Å². The average Bonchev–Trinajstić information content (AvgIpc) is 2.62. The number of aromatic nitrogens is 4. The summed E-state index contributed by atoms with van der Waals surface area (Å²) < 4.78 is 6.99. The molecule has 0 aromatic carbocycles. The van der Waals surface area contributed by atoms with Crippen LogP contribution in [0.1, 0.15) is 19.8 Å². The van der Waals surface area contributed by atoms with Crippen molar-refractivity contribution >= 4 is 5.95 Å². The summed E-state index contributed by atoms with van der Waals surface area (Å²) in [7, 11) is 1.83. The van der Waals surface area contributed by atoms with Gasteiger partial charge < -0.3 is 10.1 Å². The molecule has 1 aliphatic rings. The molecule has 0 radical (unpaired) electrons. The smallest absolute Gasteiger partial charge is 0.242 e. The third-order valence-corrected chi connectivity index (χ3v) is 2.99. The van der Waals surface area contributed by atoms with Crippen LogP contribution in [0, 0.1) is 5.41 Å². The fraction of sp³-hybridized carbons (Fsp3) is 0.889. The molecule has 1 aromatic heterocycles. The van der Waals surface area contributed by atoms with E-state index in [1.165, 1.54) is 0 Å². The molecule has 0 atom stereocenters. The predicted octanol–water partition coefficient (Wildman–Crippen LogP) is 0.439. The Labute approximate surface area is 89.0 Å². The standard InChI is InChI=1S/C9H17N5O/c1-9(3-5-15-6-4-9)7-10-8-11-12-13-14(8)2/h3-7H2,1-2H3,(H,10,11,13). The number of nitrogens with zero attached hydrogens (tertiary/aromatic N) is 4. The van der Waals surface area contributed by atoms with E-state index in [-0.39, 0.29) is 0 Å². The number of hydrogen-bond acceptors (Lipinski definition) is 5. The quantitative estimate of drug-likeness (QED) is 0.785. The first kappa shape index (κ1) is 10.4. The van der Waals surface area contributed by atoms with Crippen molar-refractivity contribution in [3.05, 3.63) is 0 Å². The Morgan fingerprint density at radius 1 is 1.47 bits per heavy atom. The first-order chi connectivity index (χ1) is 7.20. The lowest BCUT2D eigenvalue weighted by molar-refractivity contribution is 0.0299. The van der Waals surface area contributed by atoms with Gasteiger partial charge in [-0.25, -0.2) is 4.68 Å². The lowest BCUT2D eigenvalue weighted by Crippen LogP contribution is -2.33. The van der Waals surface area contributed by atoms with Gasteiger partial charge in [0.25, 0.3) is 0 Å². The van der Waals surface area contributed by atoms with Crippen molar-refractivity contribution in [3.63, 3.8) is 0 Å². The summed E-state index contributed by atoms with van der Waals surface area (Å²) in [5.74, 6) is 0.725. The van der Waals surface area contributed by atoms with E-state index in [0.29, 0.717) is 5.41 Å². The first-order valence-corrected chi connectivity index (χ1v) is 5.24. The molecule has 1 aliphatic heterocycles. The largest absolute Gasteiger partial charge is 0.381 e. The maximum Gasteiger partial charge on any atom is 0.242 e. The van der Waals surface area contributed by atoms with Crippen molar-refractivity contribution in [2.24, 2.45) is 12.5 Å². The molecule has 6 heteroatoms. The molecule has 0 aliphatic carbocycles. The summed E-state index contributed by atoms with van der Waals surface area (Å²) >= 11 is 0. The fourth-order valence-corrected chi connectivity index (χ4v) is 1.71. The number of tetrazole rings is 1. The SMILES string of the molecule is Cn1nnnc1NCC1(C)CCOCC1. The molecule has 0 bridgehead atoms. The zero-order chi connectivity index (χ0) is 10.7. The zero-order valence-electron chi connectivity index (χ0n) is 9.23. The monoisotopic (exact) mass is 211 g/mol. The van der Waals surface area contributed by atoms with Crippen molar-refractivity contribution in [1.29, 1.82) is 0 Å². The third-order valence-electron chi connectivity index (χ3n) is 2.99. The molecular formula is C9H17N5O. The molecule has 0 spiro atoms. The highest BCUT2D eigenvalue weighted by molar-refractivity contribution is 5.21. The number of rotatable bonds is 3. The number of nitrogens with one attached hydrogen (secondary N) is 1. The molecular weight excluding hydrogens is 194 g/mol. The van der Waals surface area contributed by atoms with E-state index in [0.717, 1.165) is 38.5 Å². The molecule has 2 rings (SSSR count). The zero-order valence-corrected chi connectivity index (χ0v) is 9.23. The summed E-state index contributed by atoms with van der Waals surface area (Å²) in [5.41, 5.74) is 0.296. The van der Waals surface area contributed by atoms with Gasteiger partial charge in [-0.2, -0.15) is 0 Å². The Kier molecular flexibility index (Phi) is 2.86. The average molecular weight is 211 g/mol. The number of anilines is 1. The van der Waals surface area contributed by atoms with Crippen LogP contribution in [0.15, 0.2) is 0 Å². The van der Waals surface area contributed by atoms with E-state index in [1.54, 1.807) is 4.68 Å². The van der Waals surface area contributed by atoms with Crippen molar-refractivity contribution in [1.82, 2.24) is 20.2 Å². The van der Waals surface area contributed by atoms with E-state index in [2.05, 4.69) is 27.8 Å². The topological polar surface area (TPSA) is 64.9 Å². The van der Waals surface area contributed by atoms with Crippen LogP contribution >= 0.6 is 0 Å². The normalized spacial score (nSPS) is 20.1. The molecule has 15 heavy (non-hydrogen) atoms. The van der Waals surface area contributed by atoms with Crippen molar-refractivity contribution in [2.75, 3.05) is 25.1 Å². The highest BCUT2D eigenvalue weighted by atomic mass is 16.5. The van der Waals surface area contributed by atoms with Gasteiger partial charge in [0.2, 0.25) is 5.95 Å². The molecule has 1 N–H and O–H groups in total. The second-order valence-electron chi connectivity index (χ2n) is 4.40. The molecule has 1 fully saturated rings. The van der Waals surface area contributed by atoms with Crippen LogP contribution < -0.4 is 5.32 Å². The minimum Gasteiger partial charge on any atom is -0.381 e. The summed E-state index contributed by atoms with van der Waals surface area (Å²) in [4.78, 5) is 0. The van der Waals surface area contributed by atoms with Gasteiger partial charge in [-0.15, -0.1) is 0 Å². The maximum absolute atomic E-state index is 5.35.